The number of hydrogen-bond donors (Lipinski definition) is 2. The zero-order valence-corrected chi connectivity index (χ0v) is 15.8. The van der Waals surface area contributed by atoms with Gasteiger partial charge in [0.2, 0.25) is 5.78 Å². The van der Waals surface area contributed by atoms with Crippen LogP contribution in [0.2, 0.25) is 0 Å². The van der Waals surface area contributed by atoms with E-state index in [1.165, 1.54) is 5.52 Å². The molecule has 0 saturated carbocycles. The van der Waals surface area contributed by atoms with Gasteiger partial charge in [0.1, 0.15) is 12.2 Å². The predicted octanol–water partition coefficient (Wildman–Crippen LogP) is 2.31. The van der Waals surface area contributed by atoms with E-state index in [9.17, 15) is 10.2 Å². The molecule has 1 aliphatic carbocycles. The van der Waals surface area contributed by atoms with Gasteiger partial charge < -0.3 is 19.7 Å². The summed E-state index contributed by atoms with van der Waals surface area (Å²) >= 11 is 0. The van der Waals surface area contributed by atoms with E-state index in [2.05, 4.69) is 45.9 Å². The Bertz CT molecular complexity index is 1010. The Morgan fingerprint density at radius 1 is 1.07 bits per heavy atom. The molecule has 2 N–H and O–H groups in total. The van der Waals surface area contributed by atoms with Crippen molar-refractivity contribution in [3.63, 3.8) is 0 Å². The minimum absolute atomic E-state index is 0.801. The van der Waals surface area contributed by atoms with E-state index in [4.69, 9.17) is 4.98 Å². The molecular weight excluding hydrogens is 340 g/mol. The fourth-order valence-corrected chi connectivity index (χ4v) is 3.71. The van der Waals surface area contributed by atoms with Gasteiger partial charge in [-0.25, -0.2) is 4.98 Å². The predicted molar refractivity (Wildman–Crippen MR) is 108 cm³/mol. The molecule has 2 aromatic heterocycles. The second-order valence-corrected chi connectivity index (χ2v) is 6.93. The molecule has 0 spiro atoms. The van der Waals surface area contributed by atoms with Crippen molar-refractivity contribution in [2.45, 2.75) is 32.6 Å². The normalized spacial score (nSPS) is 20.1. The molecule has 0 bridgehead atoms. The Labute approximate surface area is 158 Å². The molecule has 27 heavy (non-hydrogen) atoms. The van der Waals surface area contributed by atoms with E-state index in [-0.39, 0.29) is 0 Å². The van der Waals surface area contributed by atoms with Crippen LogP contribution in [-0.2, 0) is 6.54 Å². The third-order valence-corrected chi connectivity index (χ3v) is 5.36. The lowest BCUT2D eigenvalue weighted by Crippen LogP contribution is -2.27. The summed E-state index contributed by atoms with van der Waals surface area (Å²) in [7, 11) is 0. The summed E-state index contributed by atoms with van der Waals surface area (Å²) in [5.74, 6) is 0.897. The van der Waals surface area contributed by atoms with Crippen LogP contribution in [0.3, 0.4) is 0 Å². The van der Waals surface area contributed by atoms with Crippen molar-refractivity contribution in [2.24, 2.45) is 0 Å². The number of imidazole rings is 2. The zero-order chi connectivity index (χ0) is 19.0. The maximum Gasteiger partial charge on any atom is 0.215 e. The van der Waals surface area contributed by atoms with E-state index >= 15 is 0 Å². The molecule has 0 radical (unpaired) electrons. The second kappa shape index (κ2) is 7.31. The fourth-order valence-electron chi connectivity index (χ4n) is 3.71. The minimum Gasteiger partial charge on any atom is -0.386 e. The summed E-state index contributed by atoms with van der Waals surface area (Å²) in [6.45, 7) is 8.26. The number of hydrogen-bond acceptors (Lipinski definition) is 4. The lowest BCUT2D eigenvalue weighted by atomic mass is 10.0. The maximum absolute atomic E-state index is 9.94. The smallest absolute Gasteiger partial charge is 0.215 e. The monoisotopic (exact) mass is 366 g/mol. The van der Waals surface area contributed by atoms with Gasteiger partial charge in [-0.3, -0.25) is 4.40 Å². The molecule has 1 aliphatic rings. The molecule has 0 saturated heterocycles. The van der Waals surface area contributed by atoms with E-state index in [1.807, 2.05) is 18.3 Å². The standard InChI is InChI=1S/C21H26N4O2/c1-3-23(4-2)11-12-24-17-7-5-6-8-18(17)25-14-16(22-21(24)25)15-9-10-19(26)20(27)13-15/h5-10,13-14,19-20,26-27H,3-4,11-12H2,1-2H3. The van der Waals surface area contributed by atoms with Crippen LogP contribution in [-0.4, -0.2) is 60.9 Å². The van der Waals surface area contributed by atoms with Crippen LogP contribution in [0.5, 0.6) is 0 Å². The first-order valence-electron chi connectivity index (χ1n) is 9.57. The largest absolute Gasteiger partial charge is 0.386 e. The summed E-state index contributed by atoms with van der Waals surface area (Å²) in [6, 6.07) is 8.33. The van der Waals surface area contributed by atoms with Gasteiger partial charge in [0.15, 0.2) is 0 Å². The molecule has 142 valence electrons. The summed E-state index contributed by atoms with van der Waals surface area (Å²) in [5.41, 5.74) is 3.92. The van der Waals surface area contributed by atoms with Crippen molar-refractivity contribution < 1.29 is 10.2 Å². The molecule has 6 heteroatoms. The van der Waals surface area contributed by atoms with Crippen molar-refractivity contribution in [1.82, 2.24) is 18.9 Å². The minimum atomic E-state index is -0.896. The van der Waals surface area contributed by atoms with Crippen LogP contribution >= 0.6 is 0 Å². The highest BCUT2D eigenvalue weighted by atomic mass is 16.3. The van der Waals surface area contributed by atoms with Gasteiger partial charge >= 0.3 is 0 Å². The van der Waals surface area contributed by atoms with E-state index in [0.29, 0.717) is 0 Å². The molecule has 2 atom stereocenters. The molecule has 3 aromatic rings. The molecular formula is C21H26N4O2. The van der Waals surface area contributed by atoms with Crippen LogP contribution in [0.1, 0.15) is 19.5 Å². The van der Waals surface area contributed by atoms with Crippen molar-refractivity contribution in [3.05, 3.63) is 54.4 Å². The summed E-state index contributed by atoms with van der Waals surface area (Å²) in [6.07, 6.45) is 5.35. The summed E-state index contributed by atoms with van der Waals surface area (Å²) < 4.78 is 4.37. The number of para-hydroxylation sites is 2. The zero-order valence-electron chi connectivity index (χ0n) is 15.8. The van der Waals surface area contributed by atoms with Crippen LogP contribution in [0, 0.1) is 0 Å². The number of nitrogens with zero attached hydrogens (tertiary/aromatic N) is 4. The van der Waals surface area contributed by atoms with E-state index in [1.54, 1.807) is 12.2 Å². The highest BCUT2D eigenvalue weighted by molar-refractivity contribution is 5.83. The first-order valence-corrected chi connectivity index (χ1v) is 9.57. The summed E-state index contributed by atoms with van der Waals surface area (Å²) in [5, 5.41) is 19.6. The molecule has 0 amide bonds. The summed E-state index contributed by atoms with van der Waals surface area (Å²) in [4.78, 5) is 7.26. The molecule has 0 fully saturated rings. The Hall–Kier alpha value is -2.41. The van der Waals surface area contributed by atoms with Crippen molar-refractivity contribution in [3.8, 4) is 0 Å². The van der Waals surface area contributed by atoms with Gasteiger partial charge in [-0.05, 0) is 31.3 Å². The molecule has 6 nitrogen and oxygen atoms in total. The Balaban J connectivity index is 1.78. The number of likely N-dealkylation sites (N-methyl/N-ethyl adjacent to an activating group) is 1. The van der Waals surface area contributed by atoms with Crippen molar-refractivity contribution >= 4 is 22.4 Å². The van der Waals surface area contributed by atoms with Crippen LogP contribution in [0.15, 0.2) is 48.7 Å². The third-order valence-electron chi connectivity index (χ3n) is 5.36. The van der Waals surface area contributed by atoms with Crippen molar-refractivity contribution in [1.29, 1.82) is 0 Å². The van der Waals surface area contributed by atoms with Crippen molar-refractivity contribution in [2.75, 3.05) is 19.6 Å². The van der Waals surface area contributed by atoms with Gasteiger partial charge in [0.05, 0.1) is 16.7 Å². The average molecular weight is 366 g/mol. The van der Waals surface area contributed by atoms with Gasteiger partial charge in [-0.2, -0.15) is 0 Å². The Morgan fingerprint density at radius 2 is 1.81 bits per heavy atom. The molecule has 4 rings (SSSR count). The first-order chi connectivity index (χ1) is 13.1. The number of aromatic nitrogens is 3. The topological polar surface area (TPSA) is 65.9 Å². The number of benzene rings is 1. The SMILES string of the molecule is CCN(CC)CCn1c2ccccc2n2cc(C3=CC(O)C(O)C=C3)nc12. The van der Waals surface area contributed by atoms with Crippen LogP contribution in [0.4, 0.5) is 0 Å². The van der Waals surface area contributed by atoms with Gasteiger partial charge in [0, 0.05) is 24.9 Å². The third kappa shape index (κ3) is 3.20. The molecule has 2 heterocycles. The van der Waals surface area contributed by atoms with Crippen LogP contribution in [0.25, 0.3) is 22.4 Å². The lowest BCUT2D eigenvalue weighted by molar-refractivity contribution is 0.0799. The Morgan fingerprint density at radius 3 is 2.52 bits per heavy atom. The molecule has 0 aliphatic heterocycles. The number of aliphatic hydroxyl groups excluding tert-OH is 2. The van der Waals surface area contributed by atoms with Gasteiger partial charge in [-0.1, -0.05) is 38.1 Å². The second-order valence-electron chi connectivity index (χ2n) is 6.93. The number of fused-ring (bicyclic) bond motifs is 3. The molecule has 2 unspecified atom stereocenters. The number of rotatable bonds is 6. The van der Waals surface area contributed by atoms with E-state index in [0.717, 1.165) is 48.7 Å². The highest BCUT2D eigenvalue weighted by Crippen LogP contribution is 2.26. The van der Waals surface area contributed by atoms with Gasteiger partial charge in [-0.15, -0.1) is 0 Å². The highest BCUT2D eigenvalue weighted by Gasteiger charge is 2.20. The molecule has 1 aromatic carbocycles. The number of allylic oxidation sites excluding steroid dienone is 2. The van der Waals surface area contributed by atoms with Crippen LogP contribution < -0.4 is 0 Å². The fraction of sp³-hybridized carbons (Fsp3) is 0.381. The Kier molecular flexibility index (Phi) is 4.86. The lowest BCUT2D eigenvalue weighted by Gasteiger charge is -2.18. The quantitative estimate of drug-likeness (QED) is 0.703. The number of aliphatic hydroxyl groups is 2. The van der Waals surface area contributed by atoms with E-state index < -0.39 is 12.2 Å². The maximum atomic E-state index is 9.94. The average Bonchev–Trinajstić information content (AvgIpc) is 3.23. The van der Waals surface area contributed by atoms with Gasteiger partial charge in [0.25, 0.3) is 0 Å². The first kappa shape index (κ1) is 18.0.